The molecule has 0 heterocycles. The lowest BCUT2D eigenvalue weighted by Gasteiger charge is -2.30. The van der Waals surface area contributed by atoms with E-state index in [9.17, 15) is 14.4 Å². The van der Waals surface area contributed by atoms with E-state index in [2.05, 4.69) is 29.4 Å². The molecule has 10 heteroatoms. The normalized spacial score (nSPS) is 12.6. The van der Waals surface area contributed by atoms with Crippen LogP contribution in [-0.2, 0) is 19.1 Å². The van der Waals surface area contributed by atoms with Gasteiger partial charge in [0.15, 0.2) is 0 Å². The molecule has 0 unspecified atom stereocenters. The van der Waals surface area contributed by atoms with E-state index in [4.69, 9.17) is 21.9 Å². The first-order chi connectivity index (χ1) is 30.4. The number of amides is 1. The van der Waals surface area contributed by atoms with Crippen molar-refractivity contribution in [2.24, 2.45) is 17.2 Å². The van der Waals surface area contributed by atoms with Crippen molar-refractivity contribution in [3.05, 3.63) is 0 Å². The largest absolute Gasteiger partial charge is 0.391 e. The van der Waals surface area contributed by atoms with Crippen molar-refractivity contribution in [1.29, 1.82) is 0 Å². The van der Waals surface area contributed by atoms with Crippen molar-refractivity contribution in [1.82, 2.24) is 15.5 Å². The van der Waals surface area contributed by atoms with Gasteiger partial charge in [0.05, 0.1) is 0 Å². The summed E-state index contributed by atoms with van der Waals surface area (Å²) in [6.07, 6.45) is 45.2. The monoisotopic (exact) mass is 879 g/mol. The Balaban J connectivity index is 5.11. The fourth-order valence-electron chi connectivity index (χ4n) is 8.58. The molecule has 2 atom stereocenters. The molecule has 0 rings (SSSR count). The third-order valence-electron chi connectivity index (χ3n) is 12.6. The third kappa shape index (κ3) is 41.1. The number of nitrogens with zero attached hydrogens (tertiary/aromatic N) is 1. The van der Waals surface area contributed by atoms with Crippen LogP contribution in [0.15, 0.2) is 0 Å². The van der Waals surface area contributed by atoms with Gasteiger partial charge in [-0.05, 0) is 90.8 Å². The predicted molar refractivity (Wildman–Crippen MR) is 265 cm³/mol. The molecular formula is C52H106N6O4. The maximum atomic E-state index is 13.9. The Morgan fingerprint density at radius 2 is 0.806 bits per heavy atom. The molecule has 0 aromatic carbocycles. The number of carbonyl (C=O) groups is 3. The predicted octanol–water partition coefficient (Wildman–Crippen LogP) is 11.5. The van der Waals surface area contributed by atoms with Crippen LogP contribution in [0.25, 0.3) is 0 Å². The first-order valence-electron chi connectivity index (χ1n) is 27.0. The van der Waals surface area contributed by atoms with Crippen LogP contribution in [0.5, 0.6) is 0 Å². The van der Waals surface area contributed by atoms with Gasteiger partial charge in [-0.1, -0.05) is 206 Å². The van der Waals surface area contributed by atoms with Crippen LogP contribution in [0.2, 0.25) is 0 Å². The van der Waals surface area contributed by atoms with E-state index in [0.29, 0.717) is 26.1 Å². The van der Waals surface area contributed by atoms with Crippen LogP contribution >= 0.6 is 0 Å². The summed E-state index contributed by atoms with van der Waals surface area (Å²) >= 11 is 0. The third-order valence-corrected chi connectivity index (χ3v) is 12.6. The van der Waals surface area contributed by atoms with Gasteiger partial charge >= 0.3 is 11.9 Å². The maximum Gasteiger partial charge on any atom is 0.331 e. The molecule has 0 aromatic heterocycles. The Morgan fingerprint density at radius 3 is 1.18 bits per heavy atom. The average Bonchev–Trinajstić information content (AvgIpc) is 3.26. The van der Waals surface area contributed by atoms with E-state index in [1.54, 1.807) is 0 Å². The van der Waals surface area contributed by atoms with E-state index in [0.717, 1.165) is 71.1 Å². The average molecular weight is 879 g/mol. The first-order valence-corrected chi connectivity index (χ1v) is 27.0. The summed E-state index contributed by atoms with van der Waals surface area (Å²) in [6.45, 7) is 9.36. The van der Waals surface area contributed by atoms with Gasteiger partial charge in [0.2, 0.25) is 5.91 Å². The second kappa shape index (κ2) is 48.9. The van der Waals surface area contributed by atoms with Crippen LogP contribution in [0.4, 0.5) is 0 Å². The zero-order valence-corrected chi connectivity index (χ0v) is 41.3. The highest BCUT2D eigenvalue weighted by Crippen LogP contribution is 2.19. The van der Waals surface area contributed by atoms with Crippen molar-refractivity contribution in [2.45, 2.75) is 270 Å². The number of primary amides is 1. The number of nitrogens with two attached hydrogens (primary N) is 3. The summed E-state index contributed by atoms with van der Waals surface area (Å²) in [6, 6.07) is -1.28. The van der Waals surface area contributed by atoms with Gasteiger partial charge in [-0.3, -0.25) is 9.69 Å². The quantitative estimate of drug-likeness (QED) is 0.0227. The molecule has 1 amide bonds. The highest BCUT2D eigenvalue weighted by molar-refractivity contribution is 5.91. The summed E-state index contributed by atoms with van der Waals surface area (Å²) in [5, 5.41) is 6.64. The molecule has 368 valence electrons. The molecule has 0 saturated heterocycles. The molecule has 0 spiro atoms. The number of hydrogen-bond acceptors (Lipinski definition) is 9. The maximum absolute atomic E-state index is 13.9. The van der Waals surface area contributed by atoms with E-state index in [1.165, 1.54) is 180 Å². The molecule has 10 nitrogen and oxygen atoms in total. The lowest BCUT2D eigenvalue weighted by molar-refractivity contribution is -0.165. The molecule has 0 saturated carbocycles. The molecule has 0 aliphatic carbocycles. The number of nitrogens with one attached hydrogen (secondary N) is 2. The minimum absolute atomic E-state index is 0.0784. The van der Waals surface area contributed by atoms with Gasteiger partial charge in [-0.2, -0.15) is 0 Å². The number of esters is 2. The van der Waals surface area contributed by atoms with E-state index < -0.39 is 29.9 Å². The summed E-state index contributed by atoms with van der Waals surface area (Å²) < 4.78 is 5.68. The molecule has 0 bridgehead atoms. The lowest BCUT2D eigenvalue weighted by atomic mass is 10.0. The number of carbonyl (C=O) groups excluding carboxylic acids is 3. The Kier molecular flexibility index (Phi) is 47.6. The van der Waals surface area contributed by atoms with E-state index in [1.807, 2.05) is 0 Å². The molecule has 62 heavy (non-hydrogen) atoms. The van der Waals surface area contributed by atoms with Crippen LogP contribution in [-0.4, -0.2) is 80.6 Å². The minimum Gasteiger partial charge on any atom is -0.391 e. The van der Waals surface area contributed by atoms with Crippen molar-refractivity contribution >= 4 is 17.8 Å². The Bertz CT molecular complexity index is 936. The van der Waals surface area contributed by atoms with E-state index in [-0.39, 0.29) is 12.8 Å². The van der Waals surface area contributed by atoms with E-state index >= 15 is 0 Å². The van der Waals surface area contributed by atoms with Crippen LogP contribution < -0.4 is 27.8 Å². The Morgan fingerprint density at radius 1 is 0.452 bits per heavy atom. The van der Waals surface area contributed by atoms with Gasteiger partial charge < -0.3 is 32.6 Å². The second-order valence-corrected chi connectivity index (χ2v) is 18.6. The summed E-state index contributed by atoms with van der Waals surface area (Å²) in [5.41, 5.74) is 17.0. The standard InChI is InChI=1S/C52H106N6O4/c1-3-5-7-9-11-13-15-17-19-21-23-25-27-29-31-33-46-58(47-34-32-30-28-26-24-22-20-18-16-14-12-10-8-6-4-2)49(39-40-50(55)59)52(61)62-51(60)48(57-45-37-42-54)38-35-43-56-44-36-41-53/h48-49,56-57H,3-47,53-54H2,1-2H3,(H2,55,59)/t48-,49-/m0/s1. The second-order valence-electron chi connectivity index (χ2n) is 18.6. The SMILES string of the molecule is CCCCCCCCCCCCCCCCCCN(CCCCCCCCCCCCCCCCCC)[C@@H](CCC(N)=O)C(=O)OC(=O)[C@H](CCCNCCCN)NCCCN. The lowest BCUT2D eigenvalue weighted by Crippen LogP contribution is -2.47. The first kappa shape index (κ1) is 60.4. The molecule has 8 N–H and O–H groups in total. The van der Waals surface area contributed by atoms with Gasteiger partial charge in [-0.15, -0.1) is 0 Å². The number of unbranched alkanes of at least 4 members (excludes halogenated alkanes) is 30. The van der Waals surface area contributed by atoms with Crippen LogP contribution in [0, 0.1) is 0 Å². The van der Waals surface area contributed by atoms with Crippen molar-refractivity contribution < 1.29 is 19.1 Å². The zero-order valence-electron chi connectivity index (χ0n) is 41.3. The van der Waals surface area contributed by atoms with Gasteiger partial charge in [0.1, 0.15) is 12.1 Å². The molecular weight excluding hydrogens is 773 g/mol. The summed E-state index contributed by atoms with van der Waals surface area (Å²) in [5.74, 6) is -1.55. The molecule has 0 radical (unpaired) electrons. The van der Waals surface area contributed by atoms with Crippen LogP contribution in [0.3, 0.4) is 0 Å². The van der Waals surface area contributed by atoms with Gasteiger partial charge in [-0.25, -0.2) is 9.59 Å². The van der Waals surface area contributed by atoms with Crippen molar-refractivity contribution in [3.8, 4) is 0 Å². The summed E-state index contributed by atoms with van der Waals surface area (Å²) in [4.78, 5) is 41.7. The number of hydrogen-bond donors (Lipinski definition) is 5. The number of ether oxygens (including phenoxy) is 1. The fraction of sp³-hybridized carbons (Fsp3) is 0.942. The van der Waals surface area contributed by atoms with Crippen molar-refractivity contribution in [3.63, 3.8) is 0 Å². The highest BCUT2D eigenvalue weighted by Gasteiger charge is 2.31. The smallest absolute Gasteiger partial charge is 0.331 e. The molecule has 0 aromatic rings. The minimum atomic E-state index is -0.679. The summed E-state index contributed by atoms with van der Waals surface area (Å²) in [7, 11) is 0. The fourth-order valence-corrected chi connectivity index (χ4v) is 8.58. The Labute approximate surface area is 384 Å². The number of rotatable bonds is 51. The van der Waals surface area contributed by atoms with Gasteiger partial charge in [0, 0.05) is 6.42 Å². The topological polar surface area (TPSA) is 166 Å². The Hall–Kier alpha value is -1.59. The highest BCUT2D eigenvalue weighted by atomic mass is 16.6. The zero-order chi connectivity index (χ0) is 45.4. The van der Waals surface area contributed by atoms with Gasteiger partial charge in [0.25, 0.3) is 0 Å². The van der Waals surface area contributed by atoms with Crippen LogP contribution in [0.1, 0.15) is 258 Å². The van der Waals surface area contributed by atoms with Crippen molar-refractivity contribution in [2.75, 3.05) is 45.8 Å². The molecule has 0 aliphatic heterocycles. The molecule has 0 aliphatic rings. The molecule has 0 fully saturated rings.